The molecule has 0 bridgehead atoms. The third-order valence-corrected chi connectivity index (χ3v) is 5.19. The van der Waals surface area contributed by atoms with E-state index in [0.29, 0.717) is 12.8 Å². The van der Waals surface area contributed by atoms with Crippen molar-refractivity contribution >= 4 is 29.7 Å². The van der Waals surface area contributed by atoms with Gasteiger partial charge >= 0.3 is 11.9 Å². The quantitative estimate of drug-likeness (QED) is 0.198. The van der Waals surface area contributed by atoms with Crippen LogP contribution >= 0.6 is 0 Å². The van der Waals surface area contributed by atoms with E-state index in [1.54, 1.807) is 20.8 Å². The van der Waals surface area contributed by atoms with Crippen LogP contribution in [0.2, 0.25) is 0 Å². The first kappa shape index (κ1) is 30.3. The predicted molar refractivity (Wildman–Crippen MR) is 122 cm³/mol. The lowest BCUT2D eigenvalue weighted by atomic mass is 9.96. The maximum Gasteiger partial charge on any atom is 0.326 e. The van der Waals surface area contributed by atoms with Gasteiger partial charge in [-0.25, -0.2) is 4.79 Å². The fourth-order valence-electron chi connectivity index (χ4n) is 3.19. The highest BCUT2D eigenvalue weighted by atomic mass is 16.4. The van der Waals surface area contributed by atoms with Crippen molar-refractivity contribution in [1.29, 1.82) is 0 Å². The van der Waals surface area contributed by atoms with E-state index in [-0.39, 0.29) is 24.2 Å². The first-order valence-corrected chi connectivity index (χ1v) is 11.3. The standard InChI is InChI=1S/C22H40N4O7/c1-7-13(6)18(26-19(29)14(23)8-11(2)3)21(31)24-15(10-17(27)28)20(30)25-16(22(32)33)9-12(4)5/h11-16,18H,7-10,23H2,1-6H3,(H,24,31)(H,25,30)(H,26,29)(H,27,28)(H,32,33). The highest BCUT2D eigenvalue weighted by Crippen LogP contribution is 2.11. The van der Waals surface area contributed by atoms with Crippen LogP contribution in [0.1, 0.15) is 67.2 Å². The van der Waals surface area contributed by atoms with Crippen molar-refractivity contribution in [2.45, 2.75) is 91.4 Å². The lowest BCUT2D eigenvalue weighted by Gasteiger charge is -2.28. The van der Waals surface area contributed by atoms with Crippen molar-refractivity contribution in [3.05, 3.63) is 0 Å². The van der Waals surface area contributed by atoms with E-state index in [1.165, 1.54) is 0 Å². The van der Waals surface area contributed by atoms with Gasteiger partial charge in [0.15, 0.2) is 0 Å². The Hall–Kier alpha value is -2.69. The average Bonchev–Trinajstić information content (AvgIpc) is 2.68. The molecule has 0 aromatic heterocycles. The number of carbonyl (C=O) groups excluding carboxylic acids is 3. The second kappa shape index (κ2) is 14.5. The summed E-state index contributed by atoms with van der Waals surface area (Å²) in [5, 5.41) is 25.8. The zero-order valence-electron chi connectivity index (χ0n) is 20.4. The molecule has 0 rings (SSSR count). The third kappa shape index (κ3) is 11.7. The molecule has 190 valence electrons. The molecular formula is C22H40N4O7. The van der Waals surface area contributed by atoms with Gasteiger partial charge in [0.1, 0.15) is 18.1 Å². The van der Waals surface area contributed by atoms with Crippen LogP contribution in [0.4, 0.5) is 0 Å². The Morgan fingerprint density at radius 1 is 0.758 bits per heavy atom. The van der Waals surface area contributed by atoms with Crippen LogP contribution in [0.5, 0.6) is 0 Å². The largest absolute Gasteiger partial charge is 0.481 e. The first-order valence-electron chi connectivity index (χ1n) is 11.3. The Kier molecular flexibility index (Phi) is 13.3. The van der Waals surface area contributed by atoms with E-state index >= 15 is 0 Å². The molecule has 0 fully saturated rings. The summed E-state index contributed by atoms with van der Waals surface area (Å²) < 4.78 is 0. The molecule has 0 aromatic carbocycles. The van der Waals surface area contributed by atoms with E-state index in [4.69, 9.17) is 5.73 Å². The van der Waals surface area contributed by atoms with Gasteiger partial charge in [0.25, 0.3) is 0 Å². The topological polar surface area (TPSA) is 188 Å². The summed E-state index contributed by atoms with van der Waals surface area (Å²) in [5.74, 6) is -5.02. The monoisotopic (exact) mass is 472 g/mol. The van der Waals surface area contributed by atoms with Gasteiger partial charge in [-0.3, -0.25) is 19.2 Å². The summed E-state index contributed by atoms with van der Waals surface area (Å²) in [7, 11) is 0. The minimum atomic E-state index is -1.52. The van der Waals surface area contributed by atoms with Gasteiger partial charge in [-0.2, -0.15) is 0 Å². The first-order chi connectivity index (χ1) is 15.2. The highest BCUT2D eigenvalue weighted by Gasteiger charge is 2.33. The molecule has 0 radical (unpaired) electrons. The summed E-state index contributed by atoms with van der Waals surface area (Å²) in [6.07, 6.45) is 0.313. The SMILES string of the molecule is CCC(C)C(NC(=O)C(N)CC(C)C)C(=O)NC(CC(=O)O)C(=O)NC(CC(C)C)C(=O)O. The summed E-state index contributed by atoms with van der Waals surface area (Å²) in [4.78, 5) is 60.9. The number of carboxylic acid groups (broad SMARTS) is 2. The molecule has 7 N–H and O–H groups in total. The van der Waals surface area contributed by atoms with Gasteiger partial charge < -0.3 is 31.9 Å². The number of aliphatic carboxylic acids is 2. The third-order valence-electron chi connectivity index (χ3n) is 5.19. The maximum atomic E-state index is 13.0. The number of rotatable bonds is 15. The highest BCUT2D eigenvalue weighted by molar-refractivity contribution is 5.95. The van der Waals surface area contributed by atoms with Crippen LogP contribution in [-0.2, 0) is 24.0 Å². The second-order valence-corrected chi connectivity index (χ2v) is 9.30. The number of carboxylic acids is 2. The van der Waals surface area contributed by atoms with Crippen LogP contribution < -0.4 is 21.7 Å². The van der Waals surface area contributed by atoms with Crippen LogP contribution in [0, 0.1) is 17.8 Å². The van der Waals surface area contributed by atoms with Crippen molar-refractivity contribution in [1.82, 2.24) is 16.0 Å². The molecule has 0 heterocycles. The van der Waals surface area contributed by atoms with E-state index in [1.807, 2.05) is 20.8 Å². The zero-order valence-corrected chi connectivity index (χ0v) is 20.4. The van der Waals surface area contributed by atoms with Gasteiger partial charge in [-0.05, 0) is 30.6 Å². The van der Waals surface area contributed by atoms with Gasteiger partial charge in [0, 0.05) is 0 Å². The molecule has 0 aliphatic carbocycles. The number of nitrogens with one attached hydrogen (secondary N) is 3. The van der Waals surface area contributed by atoms with Crippen molar-refractivity contribution in [3.8, 4) is 0 Å². The minimum Gasteiger partial charge on any atom is -0.481 e. The van der Waals surface area contributed by atoms with Crippen LogP contribution in [-0.4, -0.2) is 64.0 Å². The Balaban J connectivity index is 5.57. The minimum absolute atomic E-state index is 0.0426. The fourth-order valence-corrected chi connectivity index (χ4v) is 3.19. The molecule has 0 spiro atoms. The van der Waals surface area contributed by atoms with E-state index in [9.17, 15) is 34.2 Å². The lowest BCUT2D eigenvalue weighted by molar-refractivity contribution is -0.144. The second-order valence-electron chi connectivity index (χ2n) is 9.30. The molecule has 11 heteroatoms. The lowest BCUT2D eigenvalue weighted by Crippen LogP contribution is -2.59. The summed E-state index contributed by atoms with van der Waals surface area (Å²) in [6.45, 7) is 10.9. The number of hydrogen-bond donors (Lipinski definition) is 6. The zero-order chi connectivity index (χ0) is 25.9. The van der Waals surface area contributed by atoms with Crippen LogP contribution in [0.3, 0.4) is 0 Å². The molecule has 0 aromatic rings. The van der Waals surface area contributed by atoms with Crippen LogP contribution in [0.15, 0.2) is 0 Å². The van der Waals surface area contributed by atoms with E-state index < -0.39 is 60.2 Å². The predicted octanol–water partition coefficient (Wildman–Crippen LogP) is 0.466. The Morgan fingerprint density at radius 3 is 1.70 bits per heavy atom. The maximum absolute atomic E-state index is 13.0. The number of hydrogen-bond acceptors (Lipinski definition) is 6. The summed E-state index contributed by atoms with van der Waals surface area (Å²) >= 11 is 0. The smallest absolute Gasteiger partial charge is 0.326 e. The Labute approximate surface area is 195 Å². The molecule has 5 atom stereocenters. The summed E-state index contributed by atoms with van der Waals surface area (Å²) in [5.41, 5.74) is 5.91. The molecule has 0 aliphatic heterocycles. The van der Waals surface area contributed by atoms with E-state index in [2.05, 4.69) is 16.0 Å². The van der Waals surface area contributed by atoms with Crippen molar-refractivity contribution < 1.29 is 34.2 Å². The molecule has 3 amide bonds. The van der Waals surface area contributed by atoms with Gasteiger partial charge in [0.05, 0.1) is 12.5 Å². The molecule has 0 saturated carbocycles. The molecular weight excluding hydrogens is 432 g/mol. The Bertz CT molecular complexity index is 696. The number of amides is 3. The summed E-state index contributed by atoms with van der Waals surface area (Å²) in [6, 6.07) is -4.62. The molecule has 11 nitrogen and oxygen atoms in total. The van der Waals surface area contributed by atoms with Crippen molar-refractivity contribution in [2.75, 3.05) is 0 Å². The van der Waals surface area contributed by atoms with Crippen molar-refractivity contribution in [2.24, 2.45) is 23.5 Å². The van der Waals surface area contributed by atoms with Gasteiger partial charge in [0.2, 0.25) is 17.7 Å². The fraction of sp³-hybridized carbons (Fsp3) is 0.773. The van der Waals surface area contributed by atoms with Gasteiger partial charge in [-0.1, -0.05) is 48.0 Å². The molecule has 0 aliphatic rings. The number of nitrogens with two attached hydrogens (primary N) is 1. The molecule has 5 unspecified atom stereocenters. The Morgan fingerprint density at radius 2 is 1.27 bits per heavy atom. The molecule has 33 heavy (non-hydrogen) atoms. The van der Waals surface area contributed by atoms with E-state index in [0.717, 1.165) is 0 Å². The van der Waals surface area contributed by atoms with Crippen molar-refractivity contribution in [3.63, 3.8) is 0 Å². The normalized spacial score (nSPS) is 15.8. The van der Waals surface area contributed by atoms with Gasteiger partial charge in [-0.15, -0.1) is 0 Å². The number of carbonyl (C=O) groups is 5. The molecule has 0 saturated heterocycles. The van der Waals surface area contributed by atoms with Crippen LogP contribution in [0.25, 0.3) is 0 Å². The average molecular weight is 473 g/mol.